The second-order valence-electron chi connectivity index (χ2n) is 7.59. The molecule has 0 N–H and O–H groups in total. The van der Waals surface area contributed by atoms with Crippen molar-refractivity contribution in [3.8, 4) is 0 Å². The quantitative estimate of drug-likeness (QED) is 0.171. The Kier molecular flexibility index (Phi) is 7.95. The van der Waals surface area contributed by atoms with Gasteiger partial charge in [0.1, 0.15) is 5.15 Å². The van der Waals surface area contributed by atoms with E-state index in [2.05, 4.69) is 11.7 Å². The Labute approximate surface area is 203 Å². The van der Waals surface area contributed by atoms with Crippen LogP contribution in [-0.4, -0.2) is 32.7 Å². The van der Waals surface area contributed by atoms with Crippen molar-refractivity contribution in [3.05, 3.63) is 93.0 Å². The fourth-order valence-electron chi connectivity index (χ4n) is 3.56. The SMILES string of the molecule is C=CCn1c(C)cc(C(=O)COC(=O)/C=C/c2c(C)nn(Cc3ccccc3Cl)c2Cl)c1C. The van der Waals surface area contributed by atoms with Crippen LogP contribution in [0, 0.1) is 20.8 Å². The number of aryl methyl sites for hydroxylation is 2. The first-order chi connectivity index (χ1) is 15.7. The number of rotatable bonds is 9. The highest BCUT2D eigenvalue weighted by Crippen LogP contribution is 2.24. The molecule has 0 aliphatic rings. The molecule has 0 bridgehead atoms. The normalized spacial score (nSPS) is 11.2. The van der Waals surface area contributed by atoms with Gasteiger partial charge in [-0.1, -0.05) is 47.5 Å². The van der Waals surface area contributed by atoms with Crippen molar-refractivity contribution >= 4 is 41.0 Å². The maximum atomic E-state index is 12.5. The summed E-state index contributed by atoms with van der Waals surface area (Å²) in [7, 11) is 0. The molecule has 0 unspecified atom stereocenters. The summed E-state index contributed by atoms with van der Waals surface area (Å²) < 4.78 is 8.75. The molecule has 2 heterocycles. The first-order valence-corrected chi connectivity index (χ1v) is 11.1. The lowest BCUT2D eigenvalue weighted by molar-refractivity contribution is -0.136. The van der Waals surface area contributed by atoms with E-state index >= 15 is 0 Å². The van der Waals surface area contributed by atoms with Crippen molar-refractivity contribution in [2.24, 2.45) is 0 Å². The minimum absolute atomic E-state index is 0.262. The molecule has 33 heavy (non-hydrogen) atoms. The molecule has 0 radical (unpaired) electrons. The molecule has 8 heteroatoms. The van der Waals surface area contributed by atoms with Crippen LogP contribution in [0.3, 0.4) is 0 Å². The topological polar surface area (TPSA) is 66.1 Å². The highest BCUT2D eigenvalue weighted by Gasteiger charge is 2.17. The molecule has 0 fully saturated rings. The predicted octanol–water partition coefficient (Wildman–Crippen LogP) is 5.59. The molecule has 172 valence electrons. The number of Topliss-reactive ketones (excluding diaryl/α,β-unsaturated/α-hetero) is 1. The number of carbonyl (C=O) groups excluding carboxylic acids is 2. The van der Waals surface area contributed by atoms with Gasteiger partial charge in [0, 0.05) is 40.2 Å². The number of allylic oxidation sites excluding steroid dienone is 1. The maximum absolute atomic E-state index is 12.5. The predicted molar refractivity (Wildman–Crippen MR) is 131 cm³/mol. The average molecular weight is 486 g/mol. The van der Waals surface area contributed by atoms with Gasteiger partial charge in [-0.3, -0.25) is 4.79 Å². The van der Waals surface area contributed by atoms with E-state index in [0.29, 0.717) is 40.1 Å². The van der Waals surface area contributed by atoms with E-state index in [0.717, 1.165) is 17.0 Å². The third-order valence-corrected chi connectivity index (χ3v) is 6.07. The van der Waals surface area contributed by atoms with Gasteiger partial charge >= 0.3 is 5.97 Å². The molecule has 0 saturated carbocycles. The number of hydrogen-bond donors (Lipinski definition) is 0. The largest absolute Gasteiger partial charge is 0.454 e. The van der Waals surface area contributed by atoms with Crippen LogP contribution in [0.25, 0.3) is 6.08 Å². The number of ether oxygens (including phenoxy) is 1. The molecule has 2 aromatic heterocycles. The second-order valence-corrected chi connectivity index (χ2v) is 8.35. The molecule has 0 aliphatic carbocycles. The minimum Gasteiger partial charge on any atom is -0.454 e. The van der Waals surface area contributed by atoms with Gasteiger partial charge in [0.25, 0.3) is 0 Å². The van der Waals surface area contributed by atoms with Crippen LogP contribution in [0.15, 0.2) is 49.1 Å². The summed E-state index contributed by atoms with van der Waals surface area (Å²) >= 11 is 12.7. The molecular formula is C25H25Cl2N3O3. The van der Waals surface area contributed by atoms with Crippen molar-refractivity contribution in [2.45, 2.75) is 33.9 Å². The van der Waals surface area contributed by atoms with Gasteiger partial charge in [0.2, 0.25) is 5.78 Å². The van der Waals surface area contributed by atoms with E-state index in [4.69, 9.17) is 27.9 Å². The standard InChI is InChI=1S/C25H25Cl2N3O3/c1-5-12-29-16(2)13-21(18(29)4)23(31)15-33-24(32)11-10-20-17(3)28-30(25(20)27)14-19-8-6-7-9-22(19)26/h5-11,13H,1,12,14-15H2,2-4H3/b11-10+. The summed E-state index contributed by atoms with van der Waals surface area (Å²) in [6, 6.07) is 9.23. The molecular weight excluding hydrogens is 461 g/mol. The summed E-state index contributed by atoms with van der Waals surface area (Å²) in [5, 5.41) is 5.43. The number of halogens is 2. The molecule has 1 aromatic carbocycles. The summed E-state index contributed by atoms with van der Waals surface area (Å²) in [6.45, 7) is 9.96. The van der Waals surface area contributed by atoms with E-state index in [-0.39, 0.29) is 12.4 Å². The lowest BCUT2D eigenvalue weighted by Gasteiger charge is -2.06. The summed E-state index contributed by atoms with van der Waals surface area (Å²) in [5.74, 6) is -0.903. The Morgan fingerprint density at radius 3 is 2.61 bits per heavy atom. The van der Waals surface area contributed by atoms with Crippen LogP contribution in [0.4, 0.5) is 0 Å². The fraction of sp³-hybridized carbons (Fsp3) is 0.240. The number of aromatic nitrogens is 3. The summed E-state index contributed by atoms with van der Waals surface area (Å²) in [6.07, 6.45) is 4.54. The first-order valence-electron chi connectivity index (χ1n) is 10.3. The number of ketones is 1. The van der Waals surface area contributed by atoms with Gasteiger partial charge in [-0.05, 0) is 44.5 Å². The Morgan fingerprint density at radius 2 is 1.91 bits per heavy atom. The zero-order valence-electron chi connectivity index (χ0n) is 18.8. The van der Waals surface area contributed by atoms with Crippen LogP contribution in [-0.2, 0) is 22.6 Å². The van der Waals surface area contributed by atoms with Gasteiger partial charge in [-0.15, -0.1) is 6.58 Å². The number of hydrogen-bond acceptors (Lipinski definition) is 4. The summed E-state index contributed by atoms with van der Waals surface area (Å²) in [4.78, 5) is 24.8. The highest BCUT2D eigenvalue weighted by atomic mass is 35.5. The molecule has 3 aromatic rings. The zero-order valence-corrected chi connectivity index (χ0v) is 20.3. The van der Waals surface area contributed by atoms with Crippen molar-refractivity contribution in [2.75, 3.05) is 6.61 Å². The van der Waals surface area contributed by atoms with E-state index in [1.807, 2.05) is 36.6 Å². The molecule has 6 nitrogen and oxygen atoms in total. The van der Waals surface area contributed by atoms with Crippen molar-refractivity contribution in [3.63, 3.8) is 0 Å². The molecule has 0 amide bonds. The molecule has 0 spiro atoms. The number of carbonyl (C=O) groups is 2. The number of benzene rings is 1. The van der Waals surface area contributed by atoms with Crippen molar-refractivity contribution in [1.82, 2.24) is 14.3 Å². The average Bonchev–Trinajstić information content (AvgIpc) is 3.21. The Hall–Kier alpha value is -3.09. The van der Waals surface area contributed by atoms with Crippen molar-refractivity contribution < 1.29 is 14.3 Å². The van der Waals surface area contributed by atoms with Gasteiger partial charge in [-0.25, -0.2) is 9.48 Å². The third-order valence-electron chi connectivity index (χ3n) is 5.30. The first kappa shape index (κ1) is 24.6. The Morgan fingerprint density at radius 1 is 1.18 bits per heavy atom. The lowest BCUT2D eigenvalue weighted by atomic mass is 10.1. The van der Waals surface area contributed by atoms with E-state index in [9.17, 15) is 9.59 Å². The Bertz CT molecular complexity index is 1240. The highest BCUT2D eigenvalue weighted by molar-refractivity contribution is 6.32. The van der Waals surface area contributed by atoms with Crippen LogP contribution >= 0.6 is 23.2 Å². The maximum Gasteiger partial charge on any atom is 0.331 e. The van der Waals surface area contributed by atoms with Gasteiger partial charge in [0.05, 0.1) is 12.2 Å². The summed E-state index contributed by atoms with van der Waals surface area (Å²) in [5.41, 5.74) is 4.43. The number of nitrogens with zero attached hydrogens (tertiary/aromatic N) is 3. The van der Waals surface area contributed by atoms with E-state index < -0.39 is 5.97 Å². The molecule has 3 rings (SSSR count). The van der Waals surface area contributed by atoms with Gasteiger partial charge in [-0.2, -0.15) is 5.10 Å². The van der Waals surface area contributed by atoms with Crippen molar-refractivity contribution in [1.29, 1.82) is 0 Å². The minimum atomic E-state index is -0.641. The molecule has 0 saturated heterocycles. The second kappa shape index (κ2) is 10.7. The van der Waals surface area contributed by atoms with Gasteiger partial charge in [0.15, 0.2) is 6.61 Å². The van der Waals surface area contributed by atoms with Gasteiger partial charge < -0.3 is 9.30 Å². The molecule has 0 atom stereocenters. The zero-order chi connectivity index (χ0) is 24.1. The Balaban J connectivity index is 1.65. The monoisotopic (exact) mass is 485 g/mol. The fourth-order valence-corrected chi connectivity index (χ4v) is 4.05. The van der Waals surface area contributed by atoms with Crippen LogP contribution in [0.5, 0.6) is 0 Å². The van der Waals surface area contributed by atoms with Crippen LogP contribution in [0.1, 0.15) is 38.6 Å². The molecule has 0 aliphatic heterocycles. The van der Waals surface area contributed by atoms with Crippen LogP contribution < -0.4 is 0 Å². The van der Waals surface area contributed by atoms with E-state index in [1.54, 1.807) is 29.8 Å². The van der Waals surface area contributed by atoms with Crippen LogP contribution in [0.2, 0.25) is 10.2 Å². The van der Waals surface area contributed by atoms with E-state index in [1.165, 1.54) is 12.2 Å². The smallest absolute Gasteiger partial charge is 0.331 e. The third kappa shape index (κ3) is 5.64. The lowest BCUT2D eigenvalue weighted by Crippen LogP contribution is -2.13. The number of esters is 1.